The predicted molar refractivity (Wildman–Crippen MR) is 70.4 cm³/mol. The molecular weight excluding hydrogens is 330 g/mol. The number of hydrogen-bond acceptors (Lipinski definition) is 5. The van der Waals surface area contributed by atoms with E-state index in [9.17, 15) is 22.3 Å². The van der Waals surface area contributed by atoms with Crippen molar-refractivity contribution in [3.8, 4) is 0 Å². The maximum Gasteiger partial charge on any atom is 0.371 e. The van der Waals surface area contributed by atoms with Crippen molar-refractivity contribution < 1.29 is 22.3 Å². The fourth-order valence-electron chi connectivity index (χ4n) is 1.98. The molecule has 0 amide bonds. The Hall–Kier alpha value is -1.26. The van der Waals surface area contributed by atoms with E-state index in [1.165, 1.54) is 25.6 Å². The molecule has 1 unspecified atom stereocenters. The number of hydrogen-bond donors (Lipinski definition) is 1. The van der Waals surface area contributed by atoms with Crippen LogP contribution < -0.4 is 0 Å². The van der Waals surface area contributed by atoms with Gasteiger partial charge in [-0.25, -0.2) is 0 Å². The lowest BCUT2D eigenvalue weighted by molar-refractivity contribution is -0.175. The van der Waals surface area contributed by atoms with E-state index < -0.39 is 27.6 Å². The molecule has 1 aliphatic heterocycles. The van der Waals surface area contributed by atoms with Gasteiger partial charge in [-0.2, -0.15) is 27.4 Å². The molecule has 1 N–H and O–H groups in total. The van der Waals surface area contributed by atoms with Crippen LogP contribution >= 0.6 is 11.6 Å². The number of hydrazone groups is 1. The highest BCUT2D eigenvalue weighted by Crippen LogP contribution is 2.44. The highest BCUT2D eigenvalue weighted by atomic mass is 35.5. The average molecular weight is 343 g/mol. The third-order valence-electron chi connectivity index (χ3n) is 3.23. The van der Waals surface area contributed by atoms with E-state index in [1.807, 2.05) is 0 Å². The van der Waals surface area contributed by atoms with Gasteiger partial charge in [0, 0.05) is 19.2 Å². The molecule has 0 bridgehead atoms. The molecule has 0 aliphatic carbocycles. The Labute approximate surface area is 124 Å². The van der Waals surface area contributed by atoms with Crippen LogP contribution in [0.15, 0.2) is 16.2 Å². The topological polar surface area (TPSA) is 87.8 Å². The first kappa shape index (κ1) is 16.1. The molecule has 1 aromatic rings. The number of halogens is 3. The summed E-state index contributed by atoms with van der Waals surface area (Å²) in [7, 11) is -3.03. The monoisotopic (exact) mass is 342 g/mol. The van der Waals surface area contributed by atoms with Gasteiger partial charge in [0.1, 0.15) is 4.90 Å². The molecule has 0 saturated carbocycles. The minimum Gasteiger partial charge on any atom is -0.363 e. The van der Waals surface area contributed by atoms with E-state index in [1.54, 1.807) is 0 Å². The Bertz CT molecular complexity index is 712. The summed E-state index contributed by atoms with van der Waals surface area (Å²) in [4.78, 5) is -0.331. The van der Waals surface area contributed by atoms with Gasteiger partial charge in [-0.05, 0) is 25.4 Å². The second-order valence-electron chi connectivity index (χ2n) is 4.79. The minimum atomic E-state index is -4.52. The number of alkyl halides is 3. The van der Waals surface area contributed by atoms with E-state index in [0.29, 0.717) is 0 Å². The van der Waals surface area contributed by atoms with Gasteiger partial charge < -0.3 is 5.11 Å². The molecule has 118 valence electrons. The summed E-state index contributed by atoms with van der Waals surface area (Å²) >= 11 is 4.90. The van der Waals surface area contributed by atoms with Crippen molar-refractivity contribution in [3.63, 3.8) is 0 Å². The number of aromatic nitrogens is 2. The van der Waals surface area contributed by atoms with E-state index in [-0.39, 0.29) is 20.7 Å². The van der Waals surface area contributed by atoms with Gasteiger partial charge in [0.25, 0.3) is 15.7 Å². The zero-order valence-corrected chi connectivity index (χ0v) is 13.0. The molecule has 1 atom stereocenters. The van der Waals surface area contributed by atoms with Crippen molar-refractivity contribution >= 4 is 27.3 Å². The molecule has 0 spiro atoms. The van der Waals surface area contributed by atoms with Gasteiger partial charge in [-0.15, -0.1) is 4.41 Å². The Balaban J connectivity index is 2.60. The largest absolute Gasteiger partial charge is 0.371 e. The first-order valence-corrected chi connectivity index (χ1v) is 7.60. The number of aryl methyl sites for hydroxylation is 1. The molecule has 0 saturated heterocycles. The van der Waals surface area contributed by atoms with Crippen molar-refractivity contribution in [2.45, 2.75) is 36.3 Å². The maximum absolute atomic E-state index is 13.5. The molecule has 2 rings (SSSR count). The molecule has 2 heterocycles. The lowest BCUT2D eigenvalue weighted by Crippen LogP contribution is -2.56. The van der Waals surface area contributed by atoms with Crippen LogP contribution in [-0.2, 0) is 17.1 Å². The second kappa shape index (κ2) is 4.62. The van der Waals surface area contributed by atoms with Crippen LogP contribution in [-0.4, -0.2) is 44.5 Å². The SMILES string of the molecule is CC1=NN(S(=O)(=O)c2cnn(C)c2C)C(O)(C(F)(F)Cl)C1. The second-order valence-corrected chi connectivity index (χ2v) is 7.00. The van der Waals surface area contributed by atoms with E-state index in [2.05, 4.69) is 10.2 Å². The molecule has 1 aliphatic rings. The highest BCUT2D eigenvalue weighted by Gasteiger charge is 2.62. The van der Waals surface area contributed by atoms with Crippen molar-refractivity contribution in [1.82, 2.24) is 14.2 Å². The van der Waals surface area contributed by atoms with Crippen LogP contribution in [0, 0.1) is 6.92 Å². The molecule has 1 aromatic heterocycles. The van der Waals surface area contributed by atoms with Crippen LogP contribution in [0.5, 0.6) is 0 Å². The van der Waals surface area contributed by atoms with Crippen molar-refractivity contribution in [1.29, 1.82) is 0 Å². The number of rotatable bonds is 3. The summed E-state index contributed by atoms with van der Waals surface area (Å²) in [5.74, 6) is 0. The van der Waals surface area contributed by atoms with E-state index in [0.717, 1.165) is 6.20 Å². The molecular formula is C10H13ClF2N4O3S. The number of nitrogens with zero attached hydrogens (tertiary/aromatic N) is 4. The Morgan fingerprint density at radius 2 is 2.05 bits per heavy atom. The summed E-state index contributed by atoms with van der Waals surface area (Å²) in [6.07, 6.45) is 0.308. The lowest BCUT2D eigenvalue weighted by Gasteiger charge is -2.34. The predicted octanol–water partition coefficient (Wildman–Crippen LogP) is 1.02. The van der Waals surface area contributed by atoms with Crippen LogP contribution in [0.25, 0.3) is 0 Å². The third-order valence-corrected chi connectivity index (χ3v) is 5.33. The fraction of sp³-hybridized carbons (Fsp3) is 0.600. The summed E-state index contributed by atoms with van der Waals surface area (Å²) in [6, 6.07) is 0. The van der Waals surface area contributed by atoms with E-state index >= 15 is 0 Å². The van der Waals surface area contributed by atoms with Gasteiger partial charge in [-0.3, -0.25) is 4.68 Å². The summed E-state index contributed by atoms with van der Waals surface area (Å²) in [6.45, 7) is 2.77. The number of aliphatic hydroxyl groups is 1. The van der Waals surface area contributed by atoms with Gasteiger partial charge in [0.2, 0.25) is 0 Å². The highest BCUT2D eigenvalue weighted by molar-refractivity contribution is 7.89. The van der Waals surface area contributed by atoms with Gasteiger partial charge in [0.05, 0.1) is 11.9 Å². The van der Waals surface area contributed by atoms with Gasteiger partial charge in [-0.1, -0.05) is 0 Å². The normalized spacial score (nSPS) is 23.6. The molecule has 0 radical (unpaired) electrons. The van der Waals surface area contributed by atoms with Crippen LogP contribution in [0.4, 0.5) is 8.78 Å². The fourth-order valence-corrected chi connectivity index (χ4v) is 3.88. The van der Waals surface area contributed by atoms with E-state index in [4.69, 9.17) is 11.6 Å². The smallest absolute Gasteiger partial charge is 0.363 e. The van der Waals surface area contributed by atoms with Crippen LogP contribution in [0.1, 0.15) is 19.0 Å². The van der Waals surface area contributed by atoms with Gasteiger partial charge >= 0.3 is 5.38 Å². The van der Waals surface area contributed by atoms with Crippen LogP contribution in [0.3, 0.4) is 0 Å². The van der Waals surface area contributed by atoms with Crippen LogP contribution in [0.2, 0.25) is 0 Å². The lowest BCUT2D eigenvalue weighted by atomic mass is 10.1. The van der Waals surface area contributed by atoms with Gasteiger partial charge in [0.15, 0.2) is 0 Å². The van der Waals surface area contributed by atoms with Crippen molar-refractivity contribution in [3.05, 3.63) is 11.9 Å². The first-order valence-electron chi connectivity index (χ1n) is 5.78. The zero-order chi connectivity index (χ0) is 16.2. The standard InChI is InChI=1S/C10H13ClF2N4O3S/c1-6-4-9(18,10(11,12)13)17(15-6)21(19,20)8-5-14-16(3)7(8)2/h5,18H,4H2,1-3H3. The Morgan fingerprint density at radius 1 is 1.48 bits per heavy atom. The zero-order valence-electron chi connectivity index (χ0n) is 11.4. The molecule has 0 aromatic carbocycles. The number of sulfonamides is 1. The van der Waals surface area contributed by atoms with Crippen molar-refractivity contribution in [2.24, 2.45) is 12.1 Å². The molecule has 7 nitrogen and oxygen atoms in total. The quantitative estimate of drug-likeness (QED) is 0.831. The third kappa shape index (κ3) is 2.30. The summed E-state index contributed by atoms with van der Waals surface area (Å²) in [5, 5.41) is 13.1. The minimum absolute atomic E-state index is 0.0166. The summed E-state index contributed by atoms with van der Waals surface area (Å²) < 4.78 is 53.2. The maximum atomic E-state index is 13.5. The molecule has 0 fully saturated rings. The first-order chi connectivity index (χ1) is 9.41. The van der Waals surface area contributed by atoms with Crippen molar-refractivity contribution in [2.75, 3.05) is 0 Å². The Kier molecular flexibility index (Phi) is 3.54. The Morgan fingerprint density at radius 3 is 2.48 bits per heavy atom. The molecule has 11 heteroatoms. The summed E-state index contributed by atoms with van der Waals surface area (Å²) in [5.41, 5.74) is -2.92. The average Bonchev–Trinajstić information content (AvgIpc) is 2.81. The molecule has 21 heavy (non-hydrogen) atoms.